The van der Waals surface area contributed by atoms with E-state index in [1.807, 2.05) is 30.3 Å². The van der Waals surface area contributed by atoms with Crippen molar-refractivity contribution in [2.45, 2.75) is 19.8 Å². The lowest BCUT2D eigenvalue weighted by atomic mass is 10.2. The van der Waals surface area contributed by atoms with Crippen LogP contribution in [0, 0.1) is 0 Å². The molecule has 0 aliphatic rings. The molecule has 0 aliphatic heterocycles. The molecule has 1 aromatic carbocycles. The minimum Gasteiger partial charge on any atom is -0.372 e. The van der Waals surface area contributed by atoms with E-state index >= 15 is 0 Å². The Kier molecular flexibility index (Phi) is 5.26. The van der Waals surface area contributed by atoms with E-state index < -0.39 is 0 Å². The van der Waals surface area contributed by atoms with Gasteiger partial charge in [0, 0.05) is 19.3 Å². The summed E-state index contributed by atoms with van der Waals surface area (Å²) in [5, 5.41) is 2.89. The second-order valence-electron chi connectivity index (χ2n) is 4.68. The van der Waals surface area contributed by atoms with Crippen LogP contribution < -0.4 is 10.2 Å². The van der Waals surface area contributed by atoms with Crippen molar-refractivity contribution in [3.8, 4) is 0 Å². The van der Waals surface area contributed by atoms with Gasteiger partial charge in [-0.05, 0) is 18.6 Å². The minimum absolute atomic E-state index is 0.121. The van der Waals surface area contributed by atoms with Gasteiger partial charge in [-0.2, -0.15) is 0 Å². The number of rotatable bonds is 6. The van der Waals surface area contributed by atoms with Crippen molar-refractivity contribution in [1.29, 1.82) is 0 Å². The summed E-state index contributed by atoms with van der Waals surface area (Å²) in [5.74, 6) is 0.524. The molecular formula is C16H20N4O. The van der Waals surface area contributed by atoms with Gasteiger partial charge in [0.05, 0.1) is 12.4 Å². The van der Waals surface area contributed by atoms with Crippen LogP contribution in [0.3, 0.4) is 0 Å². The van der Waals surface area contributed by atoms with E-state index in [9.17, 15) is 4.79 Å². The van der Waals surface area contributed by atoms with Gasteiger partial charge in [0.1, 0.15) is 11.5 Å². The summed E-state index contributed by atoms with van der Waals surface area (Å²) in [5.41, 5.74) is 1.24. The number of carbonyl (C=O) groups excluding carboxylic acids is 1. The molecular weight excluding hydrogens is 264 g/mol. The fourth-order valence-electron chi connectivity index (χ4n) is 1.98. The first-order valence-electron chi connectivity index (χ1n) is 7.13. The fourth-order valence-corrected chi connectivity index (χ4v) is 1.98. The van der Waals surface area contributed by atoms with Gasteiger partial charge >= 0.3 is 0 Å². The number of amides is 1. The minimum atomic E-state index is -0.121. The molecule has 0 aliphatic carbocycles. The molecule has 0 unspecified atom stereocenters. The first-order valence-corrected chi connectivity index (χ1v) is 7.13. The highest BCUT2D eigenvalue weighted by Gasteiger charge is 2.18. The van der Waals surface area contributed by atoms with Gasteiger partial charge in [0.2, 0.25) is 0 Å². The Morgan fingerprint density at radius 3 is 2.52 bits per heavy atom. The number of nitrogens with zero attached hydrogens (tertiary/aromatic N) is 3. The zero-order valence-electron chi connectivity index (χ0n) is 12.4. The predicted molar refractivity (Wildman–Crippen MR) is 84.6 cm³/mol. The second kappa shape index (κ2) is 7.38. The maximum Gasteiger partial charge on any atom is 0.278 e. The zero-order chi connectivity index (χ0) is 15.1. The molecule has 0 atom stereocenters. The molecule has 0 radical (unpaired) electrons. The Hall–Kier alpha value is -2.43. The molecule has 21 heavy (non-hydrogen) atoms. The summed E-state index contributed by atoms with van der Waals surface area (Å²) >= 11 is 0. The third kappa shape index (κ3) is 3.78. The molecule has 5 nitrogen and oxygen atoms in total. The number of anilines is 2. The smallest absolute Gasteiger partial charge is 0.278 e. The highest BCUT2D eigenvalue weighted by Crippen LogP contribution is 2.17. The Morgan fingerprint density at radius 2 is 1.95 bits per heavy atom. The molecule has 2 aromatic rings. The molecule has 1 amide bonds. The Labute approximate surface area is 125 Å². The number of hydrogen-bond donors (Lipinski definition) is 1. The van der Waals surface area contributed by atoms with E-state index in [-0.39, 0.29) is 5.91 Å². The van der Waals surface area contributed by atoms with Gasteiger partial charge in [0.15, 0.2) is 0 Å². The molecule has 2 rings (SSSR count). The van der Waals surface area contributed by atoms with Crippen molar-refractivity contribution in [3.05, 3.63) is 48.4 Å². The molecule has 1 N–H and O–H groups in total. The topological polar surface area (TPSA) is 58.1 Å². The number of benzene rings is 1. The maximum atomic E-state index is 12.7. The first-order chi connectivity index (χ1) is 10.3. The lowest BCUT2D eigenvalue weighted by Gasteiger charge is -2.22. The molecule has 0 saturated carbocycles. The average Bonchev–Trinajstić information content (AvgIpc) is 2.56. The normalized spacial score (nSPS) is 10.2. The van der Waals surface area contributed by atoms with Crippen LogP contribution in [0.2, 0.25) is 0 Å². The summed E-state index contributed by atoms with van der Waals surface area (Å²) < 4.78 is 0. The van der Waals surface area contributed by atoms with E-state index in [1.165, 1.54) is 6.20 Å². The molecule has 5 heteroatoms. The van der Waals surface area contributed by atoms with Crippen molar-refractivity contribution in [1.82, 2.24) is 9.97 Å². The van der Waals surface area contributed by atoms with E-state index in [2.05, 4.69) is 22.2 Å². The summed E-state index contributed by atoms with van der Waals surface area (Å²) in [7, 11) is 1.77. The SMILES string of the molecule is CCCCN(C(=O)c1cnc(NC)cn1)c1ccccc1. The van der Waals surface area contributed by atoms with E-state index in [4.69, 9.17) is 0 Å². The van der Waals surface area contributed by atoms with Gasteiger partial charge in [0.25, 0.3) is 5.91 Å². The van der Waals surface area contributed by atoms with Crippen LogP contribution in [0.5, 0.6) is 0 Å². The van der Waals surface area contributed by atoms with Gasteiger partial charge in [-0.1, -0.05) is 31.5 Å². The largest absolute Gasteiger partial charge is 0.372 e. The van der Waals surface area contributed by atoms with Gasteiger partial charge in [-0.15, -0.1) is 0 Å². The molecule has 1 heterocycles. The van der Waals surface area contributed by atoms with E-state index in [0.29, 0.717) is 18.1 Å². The van der Waals surface area contributed by atoms with Crippen molar-refractivity contribution in [3.63, 3.8) is 0 Å². The number of aromatic nitrogens is 2. The quantitative estimate of drug-likeness (QED) is 0.886. The predicted octanol–water partition coefficient (Wildman–Crippen LogP) is 2.97. The van der Waals surface area contributed by atoms with Crippen LogP contribution in [-0.4, -0.2) is 29.5 Å². The fraction of sp³-hybridized carbons (Fsp3) is 0.312. The molecule has 0 bridgehead atoms. The summed E-state index contributed by atoms with van der Waals surface area (Å²) in [4.78, 5) is 22.8. The summed E-state index contributed by atoms with van der Waals surface area (Å²) in [6.45, 7) is 2.78. The van der Waals surface area contributed by atoms with Crippen LogP contribution >= 0.6 is 0 Å². The second-order valence-corrected chi connectivity index (χ2v) is 4.68. The standard InChI is InChI=1S/C16H20N4O/c1-3-4-10-20(13-8-6-5-7-9-13)16(21)14-11-19-15(17-2)12-18-14/h5-9,11-12H,3-4,10H2,1-2H3,(H,17,19). The number of unbranched alkanes of at least 4 members (excludes halogenated alkanes) is 1. The van der Waals surface area contributed by atoms with Gasteiger partial charge in [-0.25, -0.2) is 9.97 Å². The van der Waals surface area contributed by atoms with Crippen molar-refractivity contribution in [2.24, 2.45) is 0 Å². The van der Waals surface area contributed by atoms with E-state index in [0.717, 1.165) is 18.5 Å². The Balaban J connectivity index is 2.24. The highest BCUT2D eigenvalue weighted by atomic mass is 16.2. The molecule has 110 valence electrons. The average molecular weight is 284 g/mol. The van der Waals surface area contributed by atoms with Crippen LogP contribution in [0.1, 0.15) is 30.3 Å². The van der Waals surface area contributed by atoms with Crippen LogP contribution in [0.25, 0.3) is 0 Å². The summed E-state index contributed by atoms with van der Waals surface area (Å²) in [6, 6.07) is 9.66. The summed E-state index contributed by atoms with van der Waals surface area (Å²) in [6.07, 6.45) is 5.05. The highest BCUT2D eigenvalue weighted by molar-refractivity contribution is 6.04. The third-order valence-electron chi connectivity index (χ3n) is 3.18. The molecule has 0 spiro atoms. The molecule has 0 fully saturated rings. The number of para-hydroxylation sites is 1. The van der Waals surface area contributed by atoms with Crippen LogP contribution in [-0.2, 0) is 0 Å². The van der Waals surface area contributed by atoms with Crippen molar-refractivity contribution >= 4 is 17.4 Å². The van der Waals surface area contributed by atoms with Crippen molar-refractivity contribution < 1.29 is 4.79 Å². The molecule has 0 saturated heterocycles. The number of nitrogens with one attached hydrogen (secondary N) is 1. The van der Waals surface area contributed by atoms with Crippen molar-refractivity contribution in [2.75, 3.05) is 23.8 Å². The monoisotopic (exact) mass is 284 g/mol. The maximum absolute atomic E-state index is 12.7. The molecule has 1 aromatic heterocycles. The van der Waals surface area contributed by atoms with Crippen LogP contribution in [0.15, 0.2) is 42.7 Å². The number of carbonyl (C=O) groups is 1. The lowest BCUT2D eigenvalue weighted by Crippen LogP contribution is -2.32. The lowest BCUT2D eigenvalue weighted by molar-refractivity contribution is 0.0981. The van der Waals surface area contributed by atoms with Crippen LogP contribution in [0.4, 0.5) is 11.5 Å². The van der Waals surface area contributed by atoms with E-state index in [1.54, 1.807) is 18.1 Å². The first kappa shape index (κ1) is 15.0. The van der Waals surface area contributed by atoms with Gasteiger partial charge in [-0.3, -0.25) is 4.79 Å². The Bertz CT molecular complexity index is 569. The zero-order valence-corrected chi connectivity index (χ0v) is 12.4. The third-order valence-corrected chi connectivity index (χ3v) is 3.18. The Morgan fingerprint density at radius 1 is 1.19 bits per heavy atom. The van der Waals surface area contributed by atoms with Gasteiger partial charge < -0.3 is 10.2 Å². The number of hydrogen-bond acceptors (Lipinski definition) is 4.